The molecule has 0 saturated carbocycles. The third-order valence-electron chi connectivity index (χ3n) is 2.90. The van der Waals surface area contributed by atoms with E-state index in [-0.39, 0.29) is 5.97 Å². The lowest BCUT2D eigenvalue weighted by atomic mass is 10.2. The number of unbranched alkanes of at least 4 members (excludes halogenated alkanes) is 2. The molecule has 2 N–H and O–H groups in total. The van der Waals surface area contributed by atoms with Crippen molar-refractivity contribution < 1.29 is 13.9 Å². The summed E-state index contributed by atoms with van der Waals surface area (Å²) in [6.45, 7) is 4.18. The maximum Gasteiger partial charge on any atom is 0.305 e. The van der Waals surface area contributed by atoms with Crippen LogP contribution in [0.25, 0.3) is 0 Å². The molecule has 0 bridgehead atoms. The van der Waals surface area contributed by atoms with Crippen LogP contribution in [-0.2, 0) is 16.1 Å². The Hall–Kier alpha value is -1.98. The minimum Gasteiger partial charge on any atom is -0.469 e. The summed E-state index contributed by atoms with van der Waals surface area (Å²) in [5, 5.41) is 6.45. The van der Waals surface area contributed by atoms with Crippen LogP contribution in [-0.4, -0.2) is 32.1 Å². The lowest BCUT2D eigenvalue weighted by Gasteiger charge is -2.10. The minimum absolute atomic E-state index is 0.142. The van der Waals surface area contributed by atoms with Crippen molar-refractivity contribution in [1.82, 2.24) is 10.6 Å². The van der Waals surface area contributed by atoms with Crippen molar-refractivity contribution in [1.29, 1.82) is 0 Å². The van der Waals surface area contributed by atoms with Crippen molar-refractivity contribution >= 4 is 11.9 Å². The fourth-order valence-electron chi connectivity index (χ4n) is 1.78. The predicted octanol–water partition coefficient (Wildman–Crippen LogP) is 2.07. The van der Waals surface area contributed by atoms with Crippen LogP contribution in [0.15, 0.2) is 27.8 Å². The van der Waals surface area contributed by atoms with Gasteiger partial charge in [-0.3, -0.25) is 4.79 Å². The van der Waals surface area contributed by atoms with E-state index in [9.17, 15) is 4.79 Å². The third-order valence-corrected chi connectivity index (χ3v) is 2.90. The number of hydrogen-bond donors (Lipinski definition) is 2. The molecule has 0 saturated heterocycles. The summed E-state index contributed by atoms with van der Waals surface area (Å²) in [6, 6.07) is 3.76. The monoisotopic (exact) mass is 295 g/mol. The molecule has 0 aliphatic rings. The first-order valence-corrected chi connectivity index (χ1v) is 7.37. The summed E-state index contributed by atoms with van der Waals surface area (Å²) in [5.74, 6) is 1.48. The van der Waals surface area contributed by atoms with Crippen LogP contribution in [0.4, 0.5) is 0 Å². The van der Waals surface area contributed by atoms with Gasteiger partial charge in [0.1, 0.15) is 12.3 Å². The molecule has 0 fully saturated rings. The Labute approximate surface area is 126 Å². The van der Waals surface area contributed by atoms with Gasteiger partial charge in [-0.1, -0.05) is 6.42 Å². The summed E-state index contributed by atoms with van der Waals surface area (Å²) in [4.78, 5) is 15.4. The van der Waals surface area contributed by atoms with Gasteiger partial charge in [-0.05, 0) is 31.9 Å². The number of carbonyl (C=O) groups excluding carboxylic acids is 1. The van der Waals surface area contributed by atoms with Gasteiger partial charge in [-0.2, -0.15) is 0 Å². The van der Waals surface area contributed by atoms with E-state index in [0.717, 1.165) is 44.1 Å². The van der Waals surface area contributed by atoms with Gasteiger partial charge >= 0.3 is 5.97 Å². The van der Waals surface area contributed by atoms with E-state index in [0.29, 0.717) is 13.0 Å². The zero-order valence-corrected chi connectivity index (χ0v) is 12.9. The average Bonchev–Trinajstić information content (AvgIpc) is 3.01. The number of nitrogens with zero attached hydrogens (tertiary/aromatic N) is 1. The lowest BCUT2D eigenvalue weighted by molar-refractivity contribution is -0.140. The summed E-state index contributed by atoms with van der Waals surface area (Å²) >= 11 is 0. The summed E-state index contributed by atoms with van der Waals surface area (Å²) in [5.41, 5.74) is 0. The third kappa shape index (κ3) is 8.02. The molecule has 0 aliphatic carbocycles. The van der Waals surface area contributed by atoms with Gasteiger partial charge in [-0.15, -0.1) is 0 Å². The van der Waals surface area contributed by atoms with Gasteiger partial charge in [-0.25, -0.2) is 4.99 Å². The first-order valence-electron chi connectivity index (χ1n) is 7.37. The second kappa shape index (κ2) is 10.8. The topological polar surface area (TPSA) is 75.9 Å². The van der Waals surface area contributed by atoms with E-state index < -0.39 is 0 Å². The summed E-state index contributed by atoms with van der Waals surface area (Å²) < 4.78 is 9.85. The highest BCUT2D eigenvalue weighted by Crippen LogP contribution is 2.02. The fourth-order valence-corrected chi connectivity index (χ4v) is 1.78. The van der Waals surface area contributed by atoms with Crippen LogP contribution in [0.3, 0.4) is 0 Å². The van der Waals surface area contributed by atoms with E-state index in [2.05, 4.69) is 20.4 Å². The highest BCUT2D eigenvalue weighted by atomic mass is 16.5. The maximum absolute atomic E-state index is 11.0. The Morgan fingerprint density at radius 3 is 2.86 bits per heavy atom. The molecule has 0 radical (unpaired) electrons. The van der Waals surface area contributed by atoms with Crippen LogP contribution in [0.2, 0.25) is 0 Å². The number of furan rings is 1. The smallest absolute Gasteiger partial charge is 0.305 e. The zero-order valence-electron chi connectivity index (χ0n) is 12.9. The second-order valence-corrected chi connectivity index (χ2v) is 4.59. The summed E-state index contributed by atoms with van der Waals surface area (Å²) in [6.07, 6.45) is 4.96. The number of methoxy groups -OCH3 is 1. The zero-order chi connectivity index (χ0) is 15.3. The molecule has 1 aromatic rings. The molecule has 0 amide bonds. The SMILES string of the molecule is CCNC(=NCc1ccco1)NCCCCCC(=O)OC. The number of ether oxygens (including phenoxy) is 1. The normalized spacial score (nSPS) is 11.2. The number of guanidine groups is 1. The number of aliphatic imine (C=N–C) groups is 1. The molecule has 0 aliphatic heterocycles. The first-order chi connectivity index (χ1) is 10.3. The van der Waals surface area contributed by atoms with E-state index in [1.54, 1.807) is 6.26 Å². The van der Waals surface area contributed by atoms with Crippen molar-refractivity contribution in [2.45, 2.75) is 39.2 Å². The van der Waals surface area contributed by atoms with Gasteiger partial charge in [0.15, 0.2) is 5.96 Å². The molecule has 1 rings (SSSR count). The molecular weight excluding hydrogens is 270 g/mol. The maximum atomic E-state index is 11.0. The Kier molecular flexibility index (Phi) is 8.75. The van der Waals surface area contributed by atoms with Crippen LogP contribution >= 0.6 is 0 Å². The molecule has 1 heterocycles. The van der Waals surface area contributed by atoms with Crippen LogP contribution in [0.5, 0.6) is 0 Å². The Morgan fingerprint density at radius 1 is 1.33 bits per heavy atom. The molecule has 6 heteroatoms. The molecule has 1 aromatic heterocycles. The van der Waals surface area contributed by atoms with Crippen LogP contribution in [0, 0.1) is 0 Å². The fraction of sp³-hybridized carbons (Fsp3) is 0.600. The molecular formula is C15H25N3O3. The predicted molar refractivity (Wildman–Crippen MR) is 82.0 cm³/mol. The second-order valence-electron chi connectivity index (χ2n) is 4.59. The van der Waals surface area contributed by atoms with E-state index >= 15 is 0 Å². The Bertz CT molecular complexity index is 416. The highest BCUT2D eigenvalue weighted by Gasteiger charge is 2.01. The number of esters is 1. The molecule has 118 valence electrons. The Morgan fingerprint density at radius 2 is 2.19 bits per heavy atom. The van der Waals surface area contributed by atoms with Crippen molar-refractivity contribution in [3.63, 3.8) is 0 Å². The van der Waals surface area contributed by atoms with E-state index in [4.69, 9.17) is 4.42 Å². The number of nitrogens with one attached hydrogen (secondary N) is 2. The molecule has 6 nitrogen and oxygen atoms in total. The number of carbonyl (C=O) groups is 1. The molecule has 0 aromatic carbocycles. The van der Waals surface area contributed by atoms with Gasteiger partial charge in [0, 0.05) is 19.5 Å². The lowest BCUT2D eigenvalue weighted by Crippen LogP contribution is -2.37. The van der Waals surface area contributed by atoms with Gasteiger partial charge in [0.2, 0.25) is 0 Å². The van der Waals surface area contributed by atoms with E-state index in [1.165, 1.54) is 7.11 Å². The standard InChI is InChI=1S/C15H25N3O3/c1-3-16-15(18-12-13-8-7-11-21-13)17-10-6-4-5-9-14(19)20-2/h7-8,11H,3-6,9-10,12H2,1-2H3,(H2,16,17,18). The highest BCUT2D eigenvalue weighted by molar-refractivity contribution is 5.79. The first kappa shape index (κ1) is 17.1. The summed E-state index contributed by atoms with van der Waals surface area (Å²) in [7, 11) is 1.42. The van der Waals surface area contributed by atoms with Crippen molar-refractivity contribution in [2.75, 3.05) is 20.2 Å². The van der Waals surface area contributed by atoms with Gasteiger partial charge in [0.05, 0.1) is 13.4 Å². The van der Waals surface area contributed by atoms with Crippen molar-refractivity contribution in [3.05, 3.63) is 24.2 Å². The Balaban J connectivity index is 2.18. The van der Waals surface area contributed by atoms with Gasteiger partial charge in [0.25, 0.3) is 0 Å². The van der Waals surface area contributed by atoms with Crippen molar-refractivity contribution in [3.8, 4) is 0 Å². The largest absolute Gasteiger partial charge is 0.469 e. The molecule has 21 heavy (non-hydrogen) atoms. The molecule has 0 spiro atoms. The number of hydrogen-bond acceptors (Lipinski definition) is 4. The van der Waals surface area contributed by atoms with Crippen molar-refractivity contribution in [2.24, 2.45) is 4.99 Å². The van der Waals surface area contributed by atoms with E-state index in [1.807, 2.05) is 19.1 Å². The minimum atomic E-state index is -0.142. The number of rotatable bonds is 9. The quantitative estimate of drug-likeness (QED) is 0.316. The van der Waals surface area contributed by atoms with Gasteiger partial charge < -0.3 is 19.8 Å². The molecule has 0 unspecified atom stereocenters. The molecule has 0 atom stereocenters. The van der Waals surface area contributed by atoms with Crippen LogP contribution in [0.1, 0.15) is 38.4 Å². The average molecular weight is 295 g/mol. The van der Waals surface area contributed by atoms with Crippen LogP contribution < -0.4 is 10.6 Å².